The number of fused-ring (bicyclic) bond motifs is 1. The Hall–Kier alpha value is -3.81. The van der Waals surface area contributed by atoms with Crippen molar-refractivity contribution in [1.82, 2.24) is 24.5 Å². The van der Waals surface area contributed by atoms with Crippen LogP contribution >= 0.6 is 0 Å². The van der Waals surface area contributed by atoms with Crippen molar-refractivity contribution in [2.45, 2.75) is 40.8 Å². The summed E-state index contributed by atoms with van der Waals surface area (Å²) in [7, 11) is 0. The third kappa shape index (κ3) is 4.09. The third-order valence-electron chi connectivity index (χ3n) is 5.33. The number of hydrogen-bond acceptors (Lipinski definition) is 5. The number of amides is 1. The fourth-order valence-electron chi connectivity index (χ4n) is 3.77. The van der Waals surface area contributed by atoms with Gasteiger partial charge in [0, 0.05) is 5.69 Å². The Kier molecular flexibility index (Phi) is 5.37. The number of rotatable bonds is 5. The van der Waals surface area contributed by atoms with Crippen LogP contribution < -0.4 is 10.9 Å². The molecule has 158 valence electrons. The summed E-state index contributed by atoms with van der Waals surface area (Å²) in [5.41, 5.74) is 6.20. The van der Waals surface area contributed by atoms with E-state index in [-0.39, 0.29) is 18.0 Å². The van der Waals surface area contributed by atoms with Gasteiger partial charge in [-0.2, -0.15) is 0 Å². The third-order valence-corrected chi connectivity index (χ3v) is 5.33. The average Bonchev–Trinajstić information content (AvgIpc) is 3.12. The fraction of sp³-hybridized carbons (Fsp3) is 0.261. The molecule has 1 amide bonds. The first-order valence-electron chi connectivity index (χ1n) is 10.0. The Balaban J connectivity index is 1.57. The quantitative estimate of drug-likeness (QED) is 0.540. The van der Waals surface area contributed by atoms with Crippen molar-refractivity contribution in [2.24, 2.45) is 0 Å². The lowest BCUT2D eigenvalue weighted by atomic mass is 10.1. The van der Waals surface area contributed by atoms with Gasteiger partial charge in [-0.25, -0.2) is 9.67 Å². The molecule has 2 heterocycles. The van der Waals surface area contributed by atoms with Crippen LogP contribution in [-0.4, -0.2) is 30.5 Å². The summed E-state index contributed by atoms with van der Waals surface area (Å²) >= 11 is 0. The predicted molar refractivity (Wildman–Crippen MR) is 119 cm³/mol. The largest absolute Gasteiger partial charge is 0.324 e. The molecule has 4 aromatic rings. The summed E-state index contributed by atoms with van der Waals surface area (Å²) in [6.07, 6.45) is 1.37. The van der Waals surface area contributed by atoms with Crippen LogP contribution in [0.4, 0.5) is 5.69 Å². The zero-order valence-corrected chi connectivity index (χ0v) is 18.0. The van der Waals surface area contributed by atoms with Crippen molar-refractivity contribution < 1.29 is 4.79 Å². The molecule has 8 nitrogen and oxygen atoms in total. The highest BCUT2D eigenvalue weighted by Gasteiger charge is 2.15. The van der Waals surface area contributed by atoms with E-state index in [4.69, 9.17) is 0 Å². The van der Waals surface area contributed by atoms with E-state index in [9.17, 15) is 9.59 Å². The number of nitrogens with one attached hydrogen (secondary N) is 1. The maximum absolute atomic E-state index is 12.9. The van der Waals surface area contributed by atoms with Gasteiger partial charge in [0.25, 0.3) is 5.56 Å². The molecule has 4 rings (SSSR count). The molecule has 0 unspecified atom stereocenters. The SMILES string of the molecule is Cc1cc(C)c(NC(=O)Cn2cnc3c(nnn3Cc3ccccc3C)c2=O)c(C)c1. The Morgan fingerprint density at radius 2 is 1.74 bits per heavy atom. The first-order valence-corrected chi connectivity index (χ1v) is 10.0. The van der Waals surface area contributed by atoms with Gasteiger partial charge in [0.2, 0.25) is 5.91 Å². The van der Waals surface area contributed by atoms with Gasteiger partial charge in [-0.05, 0) is 49.9 Å². The normalized spacial score (nSPS) is 11.1. The minimum absolute atomic E-state index is 0.145. The van der Waals surface area contributed by atoms with E-state index >= 15 is 0 Å². The number of aromatic nitrogens is 5. The minimum atomic E-state index is -0.395. The highest BCUT2D eigenvalue weighted by atomic mass is 16.2. The molecule has 31 heavy (non-hydrogen) atoms. The molecule has 1 N–H and O–H groups in total. The molecular formula is C23H24N6O2. The summed E-state index contributed by atoms with van der Waals surface area (Å²) in [5.74, 6) is -0.300. The van der Waals surface area contributed by atoms with Gasteiger partial charge in [-0.15, -0.1) is 5.10 Å². The molecular weight excluding hydrogens is 392 g/mol. The zero-order valence-electron chi connectivity index (χ0n) is 18.0. The number of benzene rings is 2. The van der Waals surface area contributed by atoms with Crippen molar-refractivity contribution in [1.29, 1.82) is 0 Å². The van der Waals surface area contributed by atoms with E-state index < -0.39 is 5.56 Å². The van der Waals surface area contributed by atoms with Crippen LogP contribution in [0.5, 0.6) is 0 Å². The first-order chi connectivity index (χ1) is 14.8. The molecule has 0 aliphatic heterocycles. The van der Waals surface area contributed by atoms with Crippen LogP contribution in [0.3, 0.4) is 0 Å². The van der Waals surface area contributed by atoms with Gasteiger partial charge in [0.05, 0.1) is 6.54 Å². The molecule has 0 spiro atoms. The van der Waals surface area contributed by atoms with Crippen molar-refractivity contribution in [2.75, 3.05) is 5.32 Å². The van der Waals surface area contributed by atoms with Crippen molar-refractivity contribution in [3.05, 3.63) is 80.9 Å². The van der Waals surface area contributed by atoms with E-state index in [2.05, 4.69) is 20.6 Å². The molecule has 8 heteroatoms. The number of carbonyl (C=O) groups is 1. The van der Waals surface area contributed by atoms with Gasteiger partial charge in [-0.3, -0.25) is 14.2 Å². The second-order valence-corrected chi connectivity index (χ2v) is 7.85. The molecule has 2 aromatic carbocycles. The van der Waals surface area contributed by atoms with Gasteiger partial charge in [-0.1, -0.05) is 47.2 Å². The molecule has 0 aliphatic rings. The van der Waals surface area contributed by atoms with Crippen LogP contribution in [0.15, 0.2) is 47.5 Å². The van der Waals surface area contributed by atoms with Crippen LogP contribution in [0.1, 0.15) is 27.8 Å². The van der Waals surface area contributed by atoms with Gasteiger partial charge < -0.3 is 5.32 Å². The second kappa shape index (κ2) is 8.14. The lowest BCUT2D eigenvalue weighted by molar-refractivity contribution is -0.116. The summed E-state index contributed by atoms with van der Waals surface area (Å²) in [5, 5.41) is 11.0. The standard InChI is InChI=1S/C23H24N6O2/c1-14-9-16(3)20(17(4)10-14)25-19(30)12-28-13-24-22-21(23(28)31)26-27-29(22)11-18-8-6-5-7-15(18)2/h5-10,13H,11-12H2,1-4H3,(H,25,30). The highest BCUT2D eigenvalue weighted by Crippen LogP contribution is 2.21. The lowest BCUT2D eigenvalue weighted by Crippen LogP contribution is -2.28. The van der Waals surface area contributed by atoms with Crippen LogP contribution in [0.2, 0.25) is 0 Å². The van der Waals surface area contributed by atoms with Crippen LogP contribution in [-0.2, 0) is 17.9 Å². The first kappa shape index (κ1) is 20.5. The summed E-state index contributed by atoms with van der Waals surface area (Å²) in [6.45, 7) is 8.23. The average molecular weight is 416 g/mol. The predicted octanol–water partition coefficient (Wildman–Crippen LogP) is 2.91. The summed E-state index contributed by atoms with van der Waals surface area (Å²) in [6, 6.07) is 12.0. The molecule has 0 bridgehead atoms. The number of anilines is 1. The van der Waals surface area contributed by atoms with Gasteiger partial charge in [0.15, 0.2) is 11.2 Å². The Morgan fingerprint density at radius 3 is 2.45 bits per heavy atom. The molecule has 0 atom stereocenters. The molecule has 2 aromatic heterocycles. The molecule has 0 saturated heterocycles. The second-order valence-electron chi connectivity index (χ2n) is 7.85. The van der Waals surface area contributed by atoms with E-state index in [1.165, 1.54) is 10.9 Å². The van der Waals surface area contributed by atoms with Gasteiger partial charge in [0.1, 0.15) is 12.9 Å². The van der Waals surface area contributed by atoms with E-state index in [0.29, 0.717) is 12.2 Å². The zero-order chi connectivity index (χ0) is 22.1. The number of carbonyl (C=O) groups excluding carboxylic acids is 1. The molecule has 0 radical (unpaired) electrons. The fourth-order valence-corrected chi connectivity index (χ4v) is 3.77. The minimum Gasteiger partial charge on any atom is -0.324 e. The Labute approximate surface area is 179 Å². The maximum Gasteiger partial charge on any atom is 0.283 e. The Morgan fingerprint density at radius 1 is 1.03 bits per heavy atom. The van der Waals surface area contributed by atoms with Crippen LogP contribution in [0.25, 0.3) is 11.2 Å². The topological polar surface area (TPSA) is 94.7 Å². The number of nitrogens with zero attached hydrogens (tertiary/aromatic N) is 5. The number of hydrogen-bond donors (Lipinski definition) is 1. The number of aryl methyl sites for hydroxylation is 4. The van der Waals surface area contributed by atoms with E-state index in [0.717, 1.165) is 33.5 Å². The summed E-state index contributed by atoms with van der Waals surface area (Å²) in [4.78, 5) is 29.8. The summed E-state index contributed by atoms with van der Waals surface area (Å²) < 4.78 is 2.85. The van der Waals surface area contributed by atoms with Gasteiger partial charge >= 0.3 is 0 Å². The monoisotopic (exact) mass is 416 g/mol. The lowest BCUT2D eigenvalue weighted by Gasteiger charge is -2.13. The highest BCUT2D eigenvalue weighted by molar-refractivity contribution is 5.92. The maximum atomic E-state index is 12.9. The smallest absolute Gasteiger partial charge is 0.283 e. The van der Waals surface area contributed by atoms with Crippen molar-refractivity contribution >= 4 is 22.8 Å². The molecule has 0 aliphatic carbocycles. The van der Waals surface area contributed by atoms with Crippen LogP contribution in [0, 0.1) is 27.7 Å². The Bertz CT molecular complexity index is 1330. The molecule has 0 saturated carbocycles. The van der Waals surface area contributed by atoms with Crippen molar-refractivity contribution in [3.8, 4) is 0 Å². The molecule has 0 fully saturated rings. The van der Waals surface area contributed by atoms with Crippen molar-refractivity contribution in [3.63, 3.8) is 0 Å². The van der Waals surface area contributed by atoms with E-state index in [1.54, 1.807) is 4.68 Å². The van der Waals surface area contributed by atoms with E-state index in [1.807, 2.05) is 64.1 Å².